The van der Waals surface area contributed by atoms with Crippen molar-refractivity contribution in [3.63, 3.8) is 0 Å². The lowest BCUT2D eigenvalue weighted by Gasteiger charge is -2.32. The second kappa shape index (κ2) is 7.51. The van der Waals surface area contributed by atoms with E-state index in [-0.39, 0.29) is 0 Å². The standard InChI is InChI=1S/C16H23N3S2/c1-18-6-8-19(9-7-18)5-4-17-12-15-11-14(13-21-15)16-3-2-10-20-16/h2-3,10-11,13,17H,4-9,12H2,1H3. The van der Waals surface area contributed by atoms with Crippen molar-refractivity contribution in [2.75, 3.05) is 46.3 Å². The van der Waals surface area contributed by atoms with Gasteiger partial charge < -0.3 is 10.2 Å². The van der Waals surface area contributed by atoms with E-state index in [2.05, 4.69) is 51.1 Å². The van der Waals surface area contributed by atoms with E-state index >= 15 is 0 Å². The Bertz CT molecular complexity index is 527. The zero-order valence-electron chi connectivity index (χ0n) is 12.5. The Hall–Kier alpha value is -0.720. The number of piperazine rings is 1. The molecule has 1 N–H and O–H groups in total. The fraction of sp³-hybridized carbons (Fsp3) is 0.500. The fourth-order valence-electron chi connectivity index (χ4n) is 2.57. The maximum absolute atomic E-state index is 3.58. The second-order valence-corrected chi connectivity index (χ2v) is 7.54. The first-order chi connectivity index (χ1) is 10.3. The summed E-state index contributed by atoms with van der Waals surface area (Å²) >= 11 is 3.67. The van der Waals surface area contributed by atoms with Gasteiger partial charge in [0.05, 0.1) is 0 Å². The van der Waals surface area contributed by atoms with E-state index in [1.807, 2.05) is 22.7 Å². The predicted molar refractivity (Wildman–Crippen MR) is 93.3 cm³/mol. The first-order valence-electron chi connectivity index (χ1n) is 7.54. The Morgan fingerprint density at radius 2 is 2.05 bits per heavy atom. The minimum absolute atomic E-state index is 0.990. The highest BCUT2D eigenvalue weighted by atomic mass is 32.1. The Morgan fingerprint density at radius 1 is 1.19 bits per heavy atom. The molecule has 0 unspecified atom stereocenters. The number of nitrogens with zero attached hydrogens (tertiary/aromatic N) is 2. The van der Waals surface area contributed by atoms with Crippen LogP contribution in [-0.2, 0) is 6.54 Å². The van der Waals surface area contributed by atoms with Gasteiger partial charge in [-0.25, -0.2) is 0 Å². The number of nitrogens with one attached hydrogen (secondary N) is 1. The van der Waals surface area contributed by atoms with E-state index in [1.54, 1.807) is 0 Å². The molecule has 0 saturated carbocycles. The van der Waals surface area contributed by atoms with Gasteiger partial charge in [0.15, 0.2) is 0 Å². The van der Waals surface area contributed by atoms with Crippen molar-refractivity contribution in [1.82, 2.24) is 15.1 Å². The summed E-state index contributed by atoms with van der Waals surface area (Å²) in [5.41, 5.74) is 1.37. The van der Waals surface area contributed by atoms with Crippen LogP contribution >= 0.6 is 22.7 Å². The van der Waals surface area contributed by atoms with Crippen molar-refractivity contribution < 1.29 is 0 Å². The van der Waals surface area contributed by atoms with Crippen molar-refractivity contribution in [3.05, 3.63) is 33.8 Å². The zero-order chi connectivity index (χ0) is 14.5. The highest BCUT2D eigenvalue weighted by molar-refractivity contribution is 7.14. The molecule has 0 spiro atoms. The molecule has 114 valence electrons. The third kappa shape index (κ3) is 4.37. The molecule has 0 atom stereocenters. The van der Waals surface area contributed by atoms with Crippen LogP contribution in [0.5, 0.6) is 0 Å². The number of hydrogen-bond acceptors (Lipinski definition) is 5. The average Bonchev–Trinajstić information content (AvgIpc) is 3.16. The predicted octanol–water partition coefficient (Wildman–Crippen LogP) is 2.81. The van der Waals surface area contributed by atoms with E-state index < -0.39 is 0 Å². The molecule has 0 amide bonds. The van der Waals surface area contributed by atoms with Gasteiger partial charge in [0, 0.05) is 61.1 Å². The quantitative estimate of drug-likeness (QED) is 0.826. The molecule has 0 aliphatic carbocycles. The highest BCUT2D eigenvalue weighted by Gasteiger charge is 2.12. The van der Waals surface area contributed by atoms with Crippen molar-refractivity contribution >= 4 is 22.7 Å². The van der Waals surface area contributed by atoms with Crippen LogP contribution in [0.2, 0.25) is 0 Å². The van der Waals surface area contributed by atoms with Crippen molar-refractivity contribution in [2.45, 2.75) is 6.54 Å². The molecular weight excluding hydrogens is 298 g/mol. The summed E-state index contributed by atoms with van der Waals surface area (Å²) in [6, 6.07) is 6.63. The Balaban J connectivity index is 1.38. The summed E-state index contributed by atoms with van der Waals surface area (Å²) in [7, 11) is 2.21. The van der Waals surface area contributed by atoms with Crippen molar-refractivity contribution in [1.29, 1.82) is 0 Å². The smallest absolute Gasteiger partial charge is 0.0351 e. The van der Waals surface area contributed by atoms with Crippen molar-refractivity contribution in [2.24, 2.45) is 0 Å². The third-order valence-corrected chi connectivity index (χ3v) is 5.82. The Kier molecular flexibility index (Phi) is 5.43. The maximum Gasteiger partial charge on any atom is 0.0351 e. The lowest BCUT2D eigenvalue weighted by Crippen LogP contribution is -2.46. The van der Waals surface area contributed by atoms with E-state index in [0.717, 1.165) is 19.6 Å². The molecule has 21 heavy (non-hydrogen) atoms. The molecule has 0 radical (unpaired) electrons. The van der Waals surface area contributed by atoms with Gasteiger partial charge in [-0.1, -0.05) is 6.07 Å². The largest absolute Gasteiger partial charge is 0.311 e. The number of likely N-dealkylation sites (N-methyl/N-ethyl adjacent to an activating group) is 1. The van der Waals surface area contributed by atoms with Gasteiger partial charge in [0.2, 0.25) is 0 Å². The monoisotopic (exact) mass is 321 g/mol. The highest BCUT2D eigenvalue weighted by Crippen LogP contribution is 2.29. The number of hydrogen-bond donors (Lipinski definition) is 1. The summed E-state index contributed by atoms with van der Waals surface area (Å²) in [6.07, 6.45) is 0. The van der Waals surface area contributed by atoms with Crippen LogP contribution in [0.15, 0.2) is 29.0 Å². The molecule has 3 rings (SSSR count). The van der Waals surface area contributed by atoms with Gasteiger partial charge in [-0.3, -0.25) is 4.90 Å². The van der Waals surface area contributed by atoms with E-state index in [1.165, 1.54) is 41.5 Å². The normalized spacial score (nSPS) is 17.4. The molecule has 1 aliphatic rings. The lowest BCUT2D eigenvalue weighted by atomic mass is 10.2. The van der Waals surface area contributed by atoms with Gasteiger partial charge in [-0.05, 0) is 29.9 Å². The van der Waals surface area contributed by atoms with Crippen LogP contribution < -0.4 is 5.32 Å². The van der Waals surface area contributed by atoms with E-state index in [9.17, 15) is 0 Å². The first kappa shape index (κ1) is 15.2. The molecule has 1 saturated heterocycles. The molecule has 1 fully saturated rings. The molecular formula is C16H23N3S2. The molecule has 5 heteroatoms. The molecule has 1 aliphatic heterocycles. The SMILES string of the molecule is CN1CCN(CCNCc2cc(-c3cccs3)cs2)CC1. The Morgan fingerprint density at radius 3 is 2.81 bits per heavy atom. The molecule has 0 bridgehead atoms. The molecule has 3 heterocycles. The molecule has 0 aromatic carbocycles. The summed E-state index contributed by atoms with van der Waals surface area (Å²) in [5, 5.41) is 7.98. The van der Waals surface area contributed by atoms with Crippen molar-refractivity contribution in [3.8, 4) is 10.4 Å². The van der Waals surface area contributed by atoms with Gasteiger partial charge in [-0.2, -0.15) is 0 Å². The van der Waals surface area contributed by atoms with Gasteiger partial charge >= 0.3 is 0 Å². The fourth-order valence-corrected chi connectivity index (χ4v) is 4.21. The summed E-state index contributed by atoms with van der Waals surface area (Å²) < 4.78 is 0. The molecule has 2 aromatic heterocycles. The maximum atomic E-state index is 3.58. The minimum atomic E-state index is 0.990. The van der Waals surface area contributed by atoms with Crippen LogP contribution in [0.25, 0.3) is 10.4 Å². The summed E-state index contributed by atoms with van der Waals surface area (Å²) in [5.74, 6) is 0. The third-order valence-electron chi connectivity index (χ3n) is 3.96. The molecule has 3 nitrogen and oxygen atoms in total. The first-order valence-corrected chi connectivity index (χ1v) is 9.30. The van der Waals surface area contributed by atoms with Crippen LogP contribution in [0.4, 0.5) is 0 Å². The number of rotatable bonds is 6. The number of thiophene rings is 2. The van der Waals surface area contributed by atoms with Crippen LogP contribution in [0.1, 0.15) is 4.88 Å². The average molecular weight is 322 g/mol. The summed E-state index contributed by atoms with van der Waals surface area (Å²) in [6.45, 7) is 8.06. The van der Waals surface area contributed by atoms with Crippen LogP contribution in [0.3, 0.4) is 0 Å². The second-order valence-electron chi connectivity index (χ2n) is 5.60. The van der Waals surface area contributed by atoms with E-state index in [0.29, 0.717) is 0 Å². The Labute approximate surface area is 135 Å². The lowest BCUT2D eigenvalue weighted by molar-refractivity contribution is 0.154. The van der Waals surface area contributed by atoms with Gasteiger partial charge in [0.25, 0.3) is 0 Å². The van der Waals surface area contributed by atoms with Gasteiger partial charge in [0.1, 0.15) is 0 Å². The summed E-state index contributed by atoms with van der Waals surface area (Å²) in [4.78, 5) is 7.76. The van der Waals surface area contributed by atoms with Gasteiger partial charge in [-0.15, -0.1) is 22.7 Å². The molecule has 2 aromatic rings. The topological polar surface area (TPSA) is 18.5 Å². The van der Waals surface area contributed by atoms with Crippen LogP contribution in [-0.4, -0.2) is 56.1 Å². The van der Waals surface area contributed by atoms with Crippen LogP contribution in [0, 0.1) is 0 Å². The van der Waals surface area contributed by atoms with E-state index in [4.69, 9.17) is 0 Å². The minimum Gasteiger partial charge on any atom is -0.311 e. The zero-order valence-corrected chi connectivity index (χ0v) is 14.2.